The minimum absolute atomic E-state index is 0.216. The van der Waals surface area contributed by atoms with Gasteiger partial charge in [-0.25, -0.2) is 4.98 Å². The number of carbonyl (C=O) groups is 1. The van der Waals surface area contributed by atoms with Crippen LogP contribution in [0.5, 0.6) is 11.6 Å². The molecule has 3 aromatic rings. The molecule has 0 aliphatic carbocycles. The van der Waals surface area contributed by atoms with E-state index in [-0.39, 0.29) is 23.1 Å². The molecule has 1 unspecified atom stereocenters. The number of ether oxygens (including phenoxy) is 3. The number of aliphatic hydroxyl groups is 1. The molecule has 206 valence electrons. The standard InChI is InChI=1S/C30H32Cl2N2O5/c1-17-11-18(2)33-29(38-15-20-7-5-4-6-8-20)23(17)14-34-10-9-22-24(31)13-26(28(32)27(22)30(34)36)39-21-12-25(19(3)35)37-16-21/h4-8,11,13,19,21,25,35H,9-10,12,14-16H2,1-3H3/t19?,21-,25-/m1/s1. The summed E-state index contributed by atoms with van der Waals surface area (Å²) in [5.41, 5.74) is 4.82. The smallest absolute Gasteiger partial charge is 0.256 e. The fourth-order valence-electron chi connectivity index (χ4n) is 5.13. The third kappa shape index (κ3) is 6.02. The van der Waals surface area contributed by atoms with E-state index < -0.39 is 6.10 Å². The minimum atomic E-state index is -0.599. The monoisotopic (exact) mass is 570 g/mol. The normalized spacial score (nSPS) is 19.6. The second-order valence-electron chi connectivity index (χ2n) is 10.2. The Morgan fingerprint density at radius 3 is 2.69 bits per heavy atom. The number of hydrogen-bond acceptors (Lipinski definition) is 6. The van der Waals surface area contributed by atoms with Crippen molar-refractivity contribution in [1.29, 1.82) is 0 Å². The van der Waals surface area contributed by atoms with Gasteiger partial charge in [0.15, 0.2) is 0 Å². The summed E-state index contributed by atoms with van der Waals surface area (Å²) in [5, 5.41) is 10.5. The van der Waals surface area contributed by atoms with Gasteiger partial charge in [0.25, 0.3) is 5.91 Å². The number of nitrogens with zero attached hydrogens (tertiary/aromatic N) is 2. The molecular formula is C30H32Cl2N2O5. The second-order valence-corrected chi connectivity index (χ2v) is 11.0. The zero-order valence-corrected chi connectivity index (χ0v) is 23.8. The van der Waals surface area contributed by atoms with Crippen LogP contribution in [0.2, 0.25) is 10.0 Å². The van der Waals surface area contributed by atoms with Gasteiger partial charge in [-0.15, -0.1) is 0 Å². The van der Waals surface area contributed by atoms with Crippen molar-refractivity contribution in [3.8, 4) is 11.6 Å². The van der Waals surface area contributed by atoms with Crippen molar-refractivity contribution in [2.75, 3.05) is 13.2 Å². The van der Waals surface area contributed by atoms with Crippen molar-refractivity contribution < 1.29 is 24.1 Å². The summed E-state index contributed by atoms with van der Waals surface area (Å²) in [6.07, 6.45) is -0.110. The lowest BCUT2D eigenvalue weighted by atomic mass is 9.97. The Hall–Kier alpha value is -2.84. The maximum atomic E-state index is 13.8. The highest BCUT2D eigenvalue weighted by Crippen LogP contribution is 2.40. The van der Waals surface area contributed by atoms with E-state index in [9.17, 15) is 9.90 Å². The number of carbonyl (C=O) groups excluding carboxylic acids is 1. The molecule has 3 atom stereocenters. The highest BCUT2D eigenvalue weighted by molar-refractivity contribution is 6.38. The van der Waals surface area contributed by atoms with Crippen LogP contribution in [0.3, 0.4) is 0 Å². The number of hydrogen-bond donors (Lipinski definition) is 1. The topological polar surface area (TPSA) is 81.1 Å². The van der Waals surface area contributed by atoms with Gasteiger partial charge in [0, 0.05) is 35.3 Å². The molecule has 0 bridgehead atoms. The first kappa shape index (κ1) is 27.7. The Labute approximate surface area is 238 Å². The summed E-state index contributed by atoms with van der Waals surface area (Å²) < 4.78 is 17.9. The largest absolute Gasteiger partial charge is 0.486 e. The molecule has 1 amide bonds. The van der Waals surface area contributed by atoms with E-state index in [0.29, 0.717) is 61.4 Å². The molecular weight excluding hydrogens is 539 g/mol. The van der Waals surface area contributed by atoms with Crippen LogP contribution in [-0.4, -0.2) is 52.4 Å². The summed E-state index contributed by atoms with van der Waals surface area (Å²) in [7, 11) is 0. The number of aryl methyl sites for hydroxylation is 2. The van der Waals surface area contributed by atoms with Crippen molar-refractivity contribution in [3.63, 3.8) is 0 Å². The van der Waals surface area contributed by atoms with Crippen LogP contribution < -0.4 is 9.47 Å². The molecule has 5 rings (SSSR count). The van der Waals surface area contributed by atoms with Crippen LogP contribution in [-0.2, 0) is 24.3 Å². The number of pyridine rings is 1. The van der Waals surface area contributed by atoms with Crippen LogP contribution in [0.15, 0.2) is 42.5 Å². The Bertz CT molecular complexity index is 1370. The molecule has 1 fully saturated rings. The highest BCUT2D eigenvalue weighted by atomic mass is 35.5. The summed E-state index contributed by atoms with van der Waals surface area (Å²) in [6.45, 7) is 7.13. The SMILES string of the molecule is Cc1cc(C)c(CN2CCc3c(Cl)cc(O[C@H]4CO[C@@H](C(C)O)C4)c(Cl)c3C2=O)c(OCc2ccccc2)n1. The molecule has 0 spiro atoms. The Morgan fingerprint density at radius 1 is 1.21 bits per heavy atom. The number of benzene rings is 2. The summed E-state index contributed by atoms with van der Waals surface area (Å²) >= 11 is 13.4. The third-order valence-electron chi connectivity index (χ3n) is 7.24. The van der Waals surface area contributed by atoms with Crippen molar-refractivity contribution in [1.82, 2.24) is 9.88 Å². The molecule has 0 saturated carbocycles. The zero-order chi connectivity index (χ0) is 27.7. The predicted molar refractivity (Wildman–Crippen MR) is 150 cm³/mol. The number of fused-ring (bicyclic) bond motifs is 1. The molecule has 1 saturated heterocycles. The van der Waals surface area contributed by atoms with E-state index >= 15 is 0 Å². The molecule has 9 heteroatoms. The number of halogens is 2. The van der Waals surface area contributed by atoms with E-state index in [0.717, 1.165) is 27.9 Å². The lowest BCUT2D eigenvalue weighted by molar-refractivity contribution is 0.00669. The van der Waals surface area contributed by atoms with E-state index in [4.69, 9.17) is 37.4 Å². The Morgan fingerprint density at radius 2 is 1.97 bits per heavy atom. The quantitative estimate of drug-likeness (QED) is 0.374. The maximum absolute atomic E-state index is 13.8. The van der Waals surface area contributed by atoms with Crippen LogP contribution in [0.25, 0.3) is 0 Å². The Kier molecular flexibility index (Phi) is 8.33. The lowest BCUT2D eigenvalue weighted by Crippen LogP contribution is -2.38. The first-order chi connectivity index (χ1) is 18.7. The van der Waals surface area contributed by atoms with Gasteiger partial charge in [0.05, 0.1) is 35.9 Å². The first-order valence-electron chi connectivity index (χ1n) is 13.1. The van der Waals surface area contributed by atoms with Crippen molar-refractivity contribution in [3.05, 3.63) is 86.0 Å². The molecule has 7 nitrogen and oxygen atoms in total. The number of rotatable bonds is 8. The van der Waals surface area contributed by atoms with Gasteiger partial charge in [0.2, 0.25) is 5.88 Å². The zero-order valence-electron chi connectivity index (χ0n) is 22.2. The summed E-state index contributed by atoms with van der Waals surface area (Å²) in [4.78, 5) is 20.2. The molecule has 2 aliphatic rings. The number of aromatic nitrogens is 1. The average molecular weight is 572 g/mol. The Balaban J connectivity index is 1.38. The fourth-order valence-corrected chi connectivity index (χ4v) is 5.71. The first-order valence-corrected chi connectivity index (χ1v) is 13.9. The second kappa shape index (κ2) is 11.7. The van der Waals surface area contributed by atoms with Gasteiger partial charge in [-0.2, -0.15) is 0 Å². The maximum Gasteiger partial charge on any atom is 0.256 e. The van der Waals surface area contributed by atoms with Gasteiger partial charge >= 0.3 is 0 Å². The van der Waals surface area contributed by atoms with Gasteiger partial charge in [-0.3, -0.25) is 4.79 Å². The third-order valence-corrected chi connectivity index (χ3v) is 7.96. The molecule has 1 N–H and O–H groups in total. The molecule has 3 heterocycles. The molecule has 2 aliphatic heterocycles. The van der Waals surface area contributed by atoms with Gasteiger partial charge in [-0.1, -0.05) is 53.5 Å². The van der Waals surface area contributed by atoms with Crippen LogP contribution in [0.4, 0.5) is 0 Å². The fraction of sp³-hybridized carbons (Fsp3) is 0.400. The summed E-state index contributed by atoms with van der Waals surface area (Å²) in [6, 6.07) is 13.6. The van der Waals surface area contributed by atoms with E-state index in [1.807, 2.05) is 50.2 Å². The number of aliphatic hydroxyl groups excluding tert-OH is 1. The molecule has 39 heavy (non-hydrogen) atoms. The average Bonchev–Trinajstić information content (AvgIpc) is 3.38. The lowest BCUT2D eigenvalue weighted by Gasteiger charge is -2.31. The van der Waals surface area contributed by atoms with E-state index in [1.54, 1.807) is 17.9 Å². The minimum Gasteiger partial charge on any atom is -0.486 e. The van der Waals surface area contributed by atoms with Crippen molar-refractivity contribution in [2.24, 2.45) is 0 Å². The van der Waals surface area contributed by atoms with Crippen LogP contribution in [0.1, 0.15) is 51.7 Å². The van der Waals surface area contributed by atoms with Crippen molar-refractivity contribution in [2.45, 2.75) is 65.1 Å². The molecule has 0 radical (unpaired) electrons. The van der Waals surface area contributed by atoms with Crippen LogP contribution >= 0.6 is 23.2 Å². The summed E-state index contributed by atoms with van der Waals surface area (Å²) in [5.74, 6) is 0.646. The van der Waals surface area contributed by atoms with Crippen molar-refractivity contribution >= 4 is 29.1 Å². The van der Waals surface area contributed by atoms with Crippen LogP contribution in [0, 0.1) is 13.8 Å². The molecule has 1 aromatic heterocycles. The van der Waals surface area contributed by atoms with E-state index in [2.05, 4.69) is 4.98 Å². The van der Waals surface area contributed by atoms with Gasteiger partial charge in [-0.05, 0) is 49.9 Å². The predicted octanol–water partition coefficient (Wildman–Crippen LogP) is 5.70. The van der Waals surface area contributed by atoms with E-state index in [1.165, 1.54) is 0 Å². The molecule has 2 aromatic carbocycles. The van der Waals surface area contributed by atoms with Gasteiger partial charge in [0.1, 0.15) is 18.5 Å². The highest BCUT2D eigenvalue weighted by Gasteiger charge is 2.34. The number of amides is 1. The van der Waals surface area contributed by atoms with Gasteiger partial charge < -0.3 is 24.2 Å².